The molecule has 56 heavy (non-hydrogen) atoms. The summed E-state index contributed by atoms with van der Waals surface area (Å²) in [5.74, 6) is -4.72. The van der Waals surface area contributed by atoms with Crippen LogP contribution >= 0.6 is 11.6 Å². The molecule has 0 radical (unpaired) electrons. The highest BCUT2D eigenvalue weighted by molar-refractivity contribution is 7.92. The van der Waals surface area contributed by atoms with Gasteiger partial charge >= 0.3 is 0 Å². The molecule has 3 N–H and O–H groups in total. The highest BCUT2D eigenvalue weighted by Gasteiger charge is 2.67. The van der Waals surface area contributed by atoms with Crippen molar-refractivity contribution < 1.29 is 39.6 Å². The molecule has 0 aliphatic heterocycles. The van der Waals surface area contributed by atoms with Gasteiger partial charge in [-0.3, -0.25) is 14.2 Å². The predicted molar refractivity (Wildman–Crippen MR) is 197 cm³/mol. The van der Waals surface area contributed by atoms with Gasteiger partial charge in [-0.15, -0.1) is 0 Å². The van der Waals surface area contributed by atoms with E-state index in [0.717, 1.165) is 18.4 Å². The zero-order valence-corrected chi connectivity index (χ0v) is 32.0. The van der Waals surface area contributed by atoms with E-state index in [9.17, 15) is 30.8 Å². The third kappa shape index (κ3) is 7.08. The third-order valence-corrected chi connectivity index (χ3v) is 10.7. The quantitative estimate of drug-likeness (QED) is 0.109. The SMILES string of the molecule is Cn1nc(NS(C)(=O)=O)c2c(Cl)ccc(-c3ccc(C#CC(C)(C)C)nc3[C@@H](Cc3cc(F)cc(F)c3)C(C(N)=O)n3nc(C(F)F)c4c3C(F)(F)[C@@H]3C[C@H]43)c21. The van der Waals surface area contributed by atoms with Crippen LogP contribution in [-0.2, 0) is 34.2 Å². The van der Waals surface area contributed by atoms with Gasteiger partial charge in [0.25, 0.3) is 12.3 Å². The molecule has 3 heterocycles. The summed E-state index contributed by atoms with van der Waals surface area (Å²) in [5.41, 5.74) is 4.15. The number of hydrogen-bond donors (Lipinski definition) is 2. The molecule has 18 heteroatoms. The number of nitrogens with two attached hydrogens (primary N) is 1. The second-order valence-electron chi connectivity index (χ2n) is 15.2. The number of anilines is 1. The van der Waals surface area contributed by atoms with Gasteiger partial charge in [0.1, 0.15) is 34.8 Å². The Morgan fingerprint density at radius 2 is 1.73 bits per heavy atom. The summed E-state index contributed by atoms with van der Waals surface area (Å²) >= 11 is 6.61. The molecule has 2 aliphatic rings. The maximum Gasteiger partial charge on any atom is 0.293 e. The minimum atomic E-state index is -3.86. The van der Waals surface area contributed by atoms with Crippen LogP contribution in [0.15, 0.2) is 42.5 Å². The fraction of sp³-hybridized carbons (Fsp3) is 0.368. The van der Waals surface area contributed by atoms with Crippen molar-refractivity contribution in [3.63, 3.8) is 0 Å². The fourth-order valence-electron chi connectivity index (χ4n) is 7.59. The second kappa shape index (κ2) is 13.5. The Bertz CT molecular complexity index is 2610. The number of carbonyl (C=O) groups is 1. The Labute approximate surface area is 322 Å². The summed E-state index contributed by atoms with van der Waals surface area (Å²) < 4.78 is 119. The molecule has 0 spiro atoms. The molecule has 1 fully saturated rings. The minimum absolute atomic E-state index is 0.0493. The van der Waals surface area contributed by atoms with Gasteiger partial charge in [0.15, 0.2) is 5.82 Å². The molecule has 3 aromatic heterocycles. The van der Waals surface area contributed by atoms with Crippen molar-refractivity contribution in [2.75, 3.05) is 11.0 Å². The first kappa shape index (κ1) is 39.2. The zero-order chi connectivity index (χ0) is 40.8. The van der Waals surface area contributed by atoms with E-state index in [1.807, 2.05) is 20.8 Å². The highest BCUT2D eigenvalue weighted by Crippen LogP contribution is 2.68. The Morgan fingerprint density at radius 1 is 1.07 bits per heavy atom. The number of benzene rings is 2. The molecule has 4 atom stereocenters. The maximum atomic E-state index is 16.1. The smallest absolute Gasteiger partial charge is 0.293 e. The van der Waals surface area contributed by atoms with E-state index in [-0.39, 0.29) is 56.2 Å². The van der Waals surface area contributed by atoms with Gasteiger partial charge in [0.2, 0.25) is 15.9 Å². The van der Waals surface area contributed by atoms with Gasteiger partial charge in [-0.1, -0.05) is 23.6 Å². The summed E-state index contributed by atoms with van der Waals surface area (Å²) in [7, 11) is -2.35. The number of rotatable bonds is 10. The van der Waals surface area contributed by atoms with Gasteiger partial charge < -0.3 is 5.73 Å². The Hall–Kier alpha value is -5.08. The first-order valence-corrected chi connectivity index (χ1v) is 19.5. The van der Waals surface area contributed by atoms with E-state index in [2.05, 4.69) is 26.8 Å². The van der Waals surface area contributed by atoms with Crippen molar-refractivity contribution in [2.45, 2.75) is 63.8 Å². The number of hydrogen-bond acceptors (Lipinski definition) is 6. The minimum Gasteiger partial charge on any atom is -0.368 e. The molecule has 2 aliphatic carbocycles. The molecular weight excluding hydrogens is 784 g/mol. The average Bonchev–Trinajstić information content (AvgIpc) is 3.60. The molecule has 1 amide bonds. The van der Waals surface area contributed by atoms with E-state index in [0.29, 0.717) is 16.3 Å². The monoisotopic (exact) mass is 817 g/mol. The van der Waals surface area contributed by atoms with E-state index >= 15 is 8.78 Å². The number of aromatic nitrogens is 5. The summed E-state index contributed by atoms with van der Waals surface area (Å²) in [5, 5.41) is 8.53. The molecule has 1 saturated carbocycles. The van der Waals surface area contributed by atoms with Crippen LogP contribution in [-0.4, -0.2) is 45.1 Å². The number of sulfonamides is 1. The summed E-state index contributed by atoms with van der Waals surface area (Å²) in [6, 6.07) is 6.72. The van der Waals surface area contributed by atoms with Gasteiger partial charge in [0.05, 0.1) is 27.9 Å². The number of primary amides is 1. The lowest BCUT2D eigenvalue weighted by Crippen LogP contribution is -2.37. The van der Waals surface area contributed by atoms with Crippen molar-refractivity contribution in [1.29, 1.82) is 0 Å². The van der Waals surface area contributed by atoms with E-state index in [1.165, 1.54) is 17.8 Å². The predicted octanol–water partition coefficient (Wildman–Crippen LogP) is 7.73. The third-order valence-electron chi connectivity index (χ3n) is 9.79. The zero-order valence-electron chi connectivity index (χ0n) is 30.4. The lowest BCUT2D eigenvalue weighted by atomic mass is 9.84. The Balaban J connectivity index is 1.56. The van der Waals surface area contributed by atoms with Gasteiger partial charge in [0, 0.05) is 47.1 Å². The molecule has 2 aromatic carbocycles. The van der Waals surface area contributed by atoms with Crippen LogP contribution in [0.1, 0.15) is 85.4 Å². The number of aryl methyl sites for hydroxylation is 1. The van der Waals surface area contributed by atoms with Crippen molar-refractivity contribution >= 4 is 44.3 Å². The molecule has 294 valence electrons. The largest absolute Gasteiger partial charge is 0.368 e. The topological polar surface area (TPSA) is 138 Å². The Morgan fingerprint density at radius 3 is 2.34 bits per heavy atom. The summed E-state index contributed by atoms with van der Waals surface area (Å²) in [6.45, 7) is 5.54. The van der Waals surface area contributed by atoms with E-state index < -0.39 is 86.9 Å². The van der Waals surface area contributed by atoms with Crippen LogP contribution in [0.25, 0.3) is 22.0 Å². The molecule has 10 nitrogen and oxygen atoms in total. The molecule has 7 rings (SSSR count). The molecule has 5 aromatic rings. The standard InChI is InChI=1S/C38H34ClF6N7O3S/c1-37(2,3)11-10-20-6-7-21(22-8-9-26(39)28-31(22)51(4)49-36(28)50-56(5,54)55)29(47-20)24(14-17-12-18(40)15-19(41)13-17)32(35(46)53)52-33-27(30(48-52)34(42)43)23-16-25(23)38(33,44)45/h6-9,12-13,15,23-25,32,34H,14,16H2,1-5H3,(H2,46,53)(H,49,50)/t23-,24+,25+,32?/m0/s1. The fourth-order valence-corrected chi connectivity index (χ4v) is 8.33. The Kier molecular flexibility index (Phi) is 9.47. The molecule has 0 saturated heterocycles. The number of pyridine rings is 1. The maximum absolute atomic E-state index is 16.1. The highest BCUT2D eigenvalue weighted by atomic mass is 35.5. The summed E-state index contributed by atoms with van der Waals surface area (Å²) in [6.07, 6.45) is -2.89. The second-order valence-corrected chi connectivity index (χ2v) is 17.3. The number of amides is 1. The lowest BCUT2D eigenvalue weighted by molar-refractivity contribution is -0.122. The molecule has 0 bridgehead atoms. The van der Waals surface area contributed by atoms with E-state index in [4.69, 9.17) is 22.3 Å². The van der Waals surface area contributed by atoms with Crippen LogP contribution in [0.5, 0.6) is 0 Å². The number of carbonyl (C=O) groups excluding carboxylic acids is 1. The van der Waals surface area contributed by atoms with Crippen molar-refractivity contribution in [3.05, 3.63) is 93.0 Å². The first-order valence-electron chi connectivity index (χ1n) is 17.3. The van der Waals surface area contributed by atoms with Gasteiger partial charge in [-0.25, -0.2) is 35.6 Å². The van der Waals surface area contributed by atoms with Crippen LogP contribution in [0.4, 0.5) is 32.2 Å². The number of alkyl halides is 4. The first-order chi connectivity index (χ1) is 26.1. The number of halogens is 7. The van der Waals surface area contributed by atoms with Crippen molar-refractivity contribution in [3.8, 4) is 23.0 Å². The number of fused-ring (bicyclic) bond motifs is 4. The number of nitrogens with zero attached hydrogens (tertiary/aromatic N) is 5. The summed E-state index contributed by atoms with van der Waals surface area (Å²) in [4.78, 5) is 18.6. The molecular formula is C38H34ClF6N7O3S. The normalized spacial score (nSPS) is 18.3. The lowest BCUT2D eigenvalue weighted by Gasteiger charge is -2.29. The van der Waals surface area contributed by atoms with Crippen LogP contribution in [0.3, 0.4) is 0 Å². The van der Waals surface area contributed by atoms with Gasteiger partial charge in [-0.05, 0) is 81.3 Å². The molecule has 1 unspecified atom stereocenters. The van der Waals surface area contributed by atoms with Crippen LogP contribution in [0.2, 0.25) is 5.02 Å². The van der Waals surface area contributed by atoms with E-state index in [1.54, 1.807) is 18.2 Å². The van der Waals surface area contributed by atoms with Gasteiger partial charge in [-0.2, -0.15) is 19.0 Å². The number of nitrogens with one attached hydrogen (secondary N) is 1. The van der Waals surface area contributed by atoms with Crippen molar-refractivity contribution in [2.24, 2.45) is 24.1 Å². The van der Waals surface area contributed by atoms with Crippen LogP contribution < -0.4 is 10.5 Å². The van der Waals surface area contributed by atoms with Crippen LogP contribution in [0, 0.1) is 34.8 Å². The average molecular weight is 818 g/mol. The van der Waals surface area contributed by atoms with Crippen molar-refractivity contribution in [1.82, 2.24) is 24.5 Å².